The zero-order valence-electron chi connectivity index (χ0n) is 12.1. The van der Waals surface area contributed by atoms with Crippen molar-refractivity contribution in [3.8, 4) is 5.75 Å². The smallest absolute Gasteiger partial charge is 0.172 e. The van der Waals surface area contributed by atoms with Crippen molar-refractivity contribution in [1.29, 1.82) is 0 Å². The SMILES string of the molecule is COc1cccc2c(C3=CCC4(CC3)OCCO4)c[nH]c12. The third-order valence-corrected chi connectivity index (χ3v) is 4.49. The van der Waals surface area contributed by atoms with Crippen molar-refractivity contribution < 1.29 is 14.2 Å². The van der Waals surface area contributed by atoms with Crippen LogP contribution in [0.15, 0.2) is 30.5 Å². The molecule has 1 N–H and O–H groups in total. The van der Waals surface area contributed by atoms with Crippen molar-refractivity contribution in [3.05, 3.63) is 36.0 Å². The highest BCUT2D eigenvalue weighted by atomic mass is 16.7. The van der Waals surface area contributed by atoms with Gasteiger partial charge in [0.2, 0.25) is 0 Å². The number of rotatable bonds is 2. The van der Waals surface area contributed by atoms with Crippen LogP contribution >= 0.6 is 0 Å². The molecule has 0 radical (unpaired) electrons. The van der Waals surface area contributed by atoms with Crippen LogP contribution in [-0.4, -0.2) is 31.1 Å². The van der Waals surface area contributed by atoms with Crippen LogP contribution in [0.2, 0.25) is 0 Å². The Morgan fingerprint density at radius 1 is 1.24 bits per heavy atom. The Hall–Kier alpha value is -1.78. The molecule has 0 atom stereocenters. The molecule has 1 aromatic carbocycles. The van der Waals surface area contributed by atoms with Gasteiger partial charge in [0.25, 0.3) is 0 Å². The Kier molecular flexibility index (Phi) is 3.01. The number of H-pyrrole nitrogens is 1. The molecule has 21 heavy (non-hydrogen) atoms. The molecule has 0 bridgehead atoms. The van der Waals surface area contributed by atoms with Crippen molar-refractivity contribution >= 4 is 16.5 Å². The van der Waals surface area contributed by atoms with Crippen LogP contribution in [0.5, 0.6) is 5.75 Å². The van der Waals surface area contributed by atoms with Gasteiger partial charge in [0.1, 0.15) is 5.75 Å². The fourth-order valence-corrected chi connectivity index (χ4v) is 3.37. The second-order valence-electron chi connectivity index (χ2n) is 5.63. The Morgan fingerprint density at radius 2 is 2.10 bits per heavy atom. The molecule has 0 amide bonds. The van der Waals surface area contributed by atoms with Crippen LogP contribution in [0.3, 0.4) is 0 Å². The first-order valence-electron chi connectivity index (χ1n) is 7.43. The van der Waals surface area contributed by atoms with Crippen molar-refractivity contribution in [2.75, 3.05) is 20.3 Å². The van der Waals surface area contributed by atoms with Crippen molar-refractivity contribution in [2.24, 2.45) is 0 Å². The molecule has 1 spiro atoms. The van der Waals surface area contributed by atoms with Crippen LogP contribution in [0.1, 0.15) is 24.8 Å². The summed E-state index contributed by atoms with van der Waals surface area (Å²) in [6.07, 6.45) is 7.07. The normalized spacial score (nSPS) is 20.9. The first kappa shape index (κ1) is 12.9. The van der Waals surface area contributed by atoms with Gasteiger partial charge in [-0.1, -0.05) is 18.2 Å². The summed E-state index contributed by atoms with van der Waals surface area (Å²) >= 11 is 0. The lowest BCUT2D eigenvalue weighted by Gasteiger charge is -2.30. The highest BCUT2D eigenvalue weighted by Crippen LogP contribution is 2.40. The van der Waals surface area contributed by atoms with Crippen LogP contribution in [0.4, 0.5) is 0 Å². The molecule has 1 saturated heterocycles. The zero-order valence-corrected chi connectivity index (χ0v) is 12.1. The van der Waals surface area contributed by atoms with Gasteiger partial charge in [-0.15, -0.1) is 0 Å². The number of nitrogens with one attached hydrogen (secondary N) is 1. The lowest BCUT2D eigenvalue weighted by molar-refractivity contribution is -0.159. The quantitative estimate of drug-likeness (QED) is 0.918. The van der Waals surface area contributed by atoms with E-state index in [1.165, 1.54) is 16.5 Å². The predicted molar refractivity (Wildman–Crippen MR) is 81.3 cm³/mol. The number of para-hydroxylation sites is 1. The first-order valence-corrected chi connectivity index (χ1v) is 7.43. The van der Waals surface area contributed by atoms with E-state index in [1.54, 1.807) is 7.11 Å². The second-order valence-corrected chi connectivity index (χ2v) is 5.63. The van der Waals surface area contributed by atoms with E-state index in [-0.39, 0.29) is 5.79 Å². The highest BCUT2D eigenvalue weighted by molar-refractivity contribution is 5.95. The van der Waals surface area contributed by atoms with E-state index in [1.807, 2.05) is 12.1 Å². The summed E-state index contributed by atoms with van der Waals surface area (Å²) in [4.78, 5) is 3.34. The van der Waals surface area contributed by atoms with Gasteiger partial charge in [0.05, 0.1) is 25.8 Å². The fraction of sp³-hybridized carbons (Fsp3) is 0.412. The van der Waals surface area contributed by atoms with Crippen molar-refractivity contribution in [2.45, 2.75) is 25.0 Å². The van der Waals surface area contributed by atoms with Gasteiger partial charge in [0.15, 0.2) is 5.79 Å². The van der Waals surface area contributed by atoms with Gasteiger partial charge in [-0.2, -0.15) is 0 Å². The van der Waals surface area contributed by atoms with Gasteiger partial charge in [0, 0.05) is 30.0 Å². The molecular formula is C17H19NO3. The van der Waals surface area contributed by atoms with Gasteiger partial charge < -0.3 is 19.2 Å². The molecular weight excluding hydrogens is 266 g/mol. The number of methoxy groups -OCH3 is 1. The van der Waals surface area contributed by atoms with E-state index in [0.717, 1.165) is 30.5 Å². The minimum Gasteiger partial charge on any atom is -0.495 e. The topological polar surface area (TPSA) is 43.5 Å². The molecule has 1 fully saturated rings. The lowest BCUT2D eigenvalue weighted by Crippen LogP contribution is -2.31. The number of hydrogen-bond donors (Lipinski definition) is 1. The Morgan fingerprint density at radius 3 is 2.81 bits per heavy atom. The standard InChI is InChI=1S/C17H19NO3/c1-19-15-4-2-3-13-14(11-18-16(13)15)12-5-7-17(8-6-12)20-9-10-21-17/h2-5,11,18H,6-10H2,1H3. The van der Waals surface area contributed by atoms with Crippen LogP contribution in [-0.2, 0) is 9.47 Å². The monoisotopic (exact) mass is 285 g/mol. The van der Waals surface area contributed by atoms with Crippen LogP contribution in [0.25, 0.3) is 16.5 Å². The molecule has 4 rings (SSSR count). The fourth-order valence-electron chi connectivity index (χ4n) is 3.37. The Bertz CT molecular complexity index is 695. The summed E-state index contributed by atoms with van der Waals surface area (Å²) in [5, 5.41) is 1.21. The maximum absolute atomic E-state index is 5.78. The summed E-state index contributed by atoms with van der Waals surface area (Å²) in [6, 6.07) is 6.15. The molecule has 110 valence electrons. The Labute approximate surface area is 123 Å². The van der Waals surface area contributed by atoms with Gasteiger partial charge >= 0.3 is 0 Å². The number of aromatic nitrogens is 1. The zero-order chi connectivity index (χ0) is 14.3. The summed E-state index contributed by atoms with van der Waals surface area (Å²) in [5.74, 6) is 0.530. The number of allylic oxidation sites excluding steroid dienone is 1. The molecule has 0 unspecified atom stereocenters. The molecule has 0 saturated carbocycles. The summed E-state index contributed by atoms with van der Waals surface area (Å²) in [5.41, 5.74) is 3.68. The van der Waals surface area contributed by atoms with Crippen molar-refractivity contribution in [3.63, 3.8) is 0 Å². The molecule has 1 aliphatic heterocycles. The molecule has 2 aliphatic rings. The molecule has 1 aromatic heterocycles. The molecule has 4 nitrogen and oxygen atoms in total. The molecule has 1 aliphatic carbocycles. The minimum absolute atomic E-state index is 0.354. The van der Waals surface area contributed by atoms with Crippen LogP contribution in [0, 0.1) is 0 Å². The maximum atomic E-state index is 5.78. The van der Waals surface area contributed by atoms with E-state index in [9.17, 15) is 0 Å². The largest absolute Gasteiger partial charge is 0.495 e. The number of ether oxygens (including phenoxy) is 3. The maximum Gasteiger partial charge on any atom is 0.172 e. The summed E-state index contributed by atoms with van der Waals surface area (Å²) in [6.45, 7) is 1.43. The van der Waals surface area contributed by atoms with E-state index in [0.29, 0.717) is 13.2 Å². The van der Waals surface area contributed by atoms with E-state index in [4.69, 9.17) is 14.2 Å². The Balaban J connectivity index is 1.70. The highest BCUT2D eigenvalue weighted by Gasteiger charge is 2.37. The predicted octanol–water partition coefficient (Wildman–Crippen LogP) is 3.49. The summed E-state index contributed by atoms with van der Waals surface area (Å²) < 4.78 is 17.0. The lowest BCUT2D eigenvalue weighted by atomic mass is 9.89. The number of hydrogen-bond acceptors (Lipinski definition) is 3. The number of fused-ring (bicyclic) bond motifs is 1. The average molecular weight is 285 g/mol. The van der Waals surface area contributed by atoms with E-state index >= 15 is 0 Å². The summed E-state index contributed by atoms with van der Waals surface area (Å²) in [7, 11) is 1.70. The second kappa shape index (κ2) is 4.90. The third-order valence-electron chi connectivity index (χ3n) is 4.49. The molecule has 2 heterocycles. The first-order chi connectivity index (χ1) is 10.3. The van der Waals surface area contributed by atoms with Gasteiger partial charge in [-0.25, -0.2) is 0 Å². The van der Waals surface area contributed by atoms with Crippen molar-refractivity contribution in [1.82, 2.24) is 4.98 Å². The number of aromatic amines is 1. The van der Waals surface area contributed by atoms with E-state index < -0.39 is 0 Å². The molecule has 4 heteroatoms. The number of benzene rings is 1. The van der Waals surface area contributed by atoms with Gasteiger partial charge in [-0.05, 0) is 18.1 Å². The van der Waals surface area contributed by atoms with E-state index in [2.05, 4.69) is 23.3 Å². The van der Waals surface area contributed by atoms with Gasteiger partial charge in [-0.3, -0.25) is 0 Å². The average Bonchev–Trinajstić information content (AvgIpc) is 3.15. The van der Waals surface area contributed by atoms with Crippen LogP contribution < -0.4 is 4.74 Å². The minimum atomic E-state index is -0.354. The molecule has 2 aromatic rings. The third kappa shape index (κ3) is 2.06.